The summed E-state index contributed by atoms with van der Waals surface area (Å²) in [6.45, 7) is 18.4. The Kier molecular flexibility index (Phi) is 7.80. The summed E-state index contributed by atoms with van der Waals surface area (Å²) in [5.41, 5.74) is 11.9. The number of benzene rings is 4. The molecule has 0 fully saturated rings. The second-order valence-electron chi connectivity index (χ2n) is 11.7. The van der Waals surface area contributed by atoms with Crippen LogP contribution in [0.3, 0.4) is 0 Å². The van der Waals surface area contributed by atoms with Gasteiger partial charge >= 0.3 is 6.98 Å². The van der Waals surface area contributed by atoms with Gasteiger partial charge in [0, 0.05) is 30.0 Å². The Balaban J connectivity index is 1.59. The first-order valence-corrected chi connectivity index (χ1v) is 14.8. The lowest BCUT2D eigenvalue weighted by Crippen LogP contribution is -2.66. The van der Waals surface area contributed by atoms with Crippen molar-refractivity contribution in [3.8, 4) is 11.7 Å². The van der Waals surface area contributed by atoms with Gasteiger partial charge in [-0.3, -0.25) is 0 Å². The van der Waals surface area contributed by atoms with Crippen molar-refractivity contribution in [3.63, 3.8) is 0 Å². The second-order valence-corrected chi connectivity index (χ2v) is 11.7. The molecule has 4 aromatic rings. The van der Waals surface area contributed by atoms with Gasteiger partial charge in [0.25, 0.3) is 0 Å². The SMILES string of the molecule is CCN1B(C#Cc2ccc([B-](F)(c3c(C)cc(C)cc3C)c3c(C)cc(C)cc3C)cc2)N(CC)c2ccccc21. The Morgan fingerprint density at radius 1 is 0.659 bits per heavy atom. The van der Waals surface area contributed by atoms with E-state index in [4.69, 9.17) is 0 Å². The number of nitrogens with zero attached hydrogens (tertiary/aromatic N) is 2. The van der Waals surface area contributed by atoms with Gasteiger partial charge in [0.15, 0.2) is 0 Å². The molecule has 5 heteroatoms. The van der Waals surface area contributed by atoms with Crippen LogP contribution in [-0.4, -0.2) is 26.5 Å². The van der Waals surface area contributed by atoms with Crippen LogP contribution in [0.4, 0.5) is 15.7 Å². The minimum Gasteiger partial charge on any atom is -0.498 e. The first-order chi connectivity index (χ1) is 19.6. The average molecular weight is 541 g/mol. The number of hydrogen-bond donors (Lipinski definition) is 0. The molecular weight excluding hydrogens is 501 g/mol. The zero-order chi connectivity index (χ0) is 29.5. The number of fused-ring (bicyclic) bond motifs is 1. The second kappa shape index (κ2) is 11.2. The summed E-state index contributed by atoms with van der Waals surface area (Å²) < 4.78 is 18.2. The van der Waals surface area contributed by atoms with Gasteiger partial charge in [0.2, 0.25) is 6.42 Å². The van der Waals surface area contributed by atoms with Gasteiger partial charge in [0.1, 0.15) is 0 Å². The first kappa shape index (κ1) is 28.6. The average Bonchev–Trinajstić information content (AvgIpc) is 3.23. The zero-order valence-corrected chi connectivity index (χ0v) is 25.8. The molecule has 2 nitrogen and oxygen atoms in total. The van der Waals surface area contributed by atoms with Gasteiger partial charge in [-0.25, -0.2) is 0 Å². The van der Waals surface area contributed by atoms with E-state index in [1.165, 1.54) is 11.4 Å². The van der Waals surface area contributed by atoms with Crippen LogP contribution in [0.5, 0.6) is 0 Å². The Hall–Kier alpha value is -3.90. The lowest BCUT2D eigenvalue weighted by atomic mass is 9.29. The molecule has 5 rings (SSSR count). The summed E-state index contributed by atoms with van der Waals surface area (Å²) in [6.07, 6.45) is -2.70. The third-order valence-corrected chi connectivity index (χ3v) is 8.76. The van der Waals surface area contributed by atoms with Crippen molar-refractivity contribution >= 4 is 41.2 Å². The Labute approximate surface area is 246 Å². The molecule has 1 aliphatic heterocycles. The van der Waals surface area contributed by atoms with Crippen LogP contribution in [0.2, 0.25) is 0 Å². The van der Waals surface area contributed by atoms with Crippen molar-refractivity contribution in [1.29, 1.82) is 0 Å². The maximum absolute atomic E-state index is 18.2. The number of anilines is 2. The highest BCUT2D eigenvalue weighted by Crippen LogP contribution is 2.37. The molecule has 1 heterocycles. The van der Waals surface area contributed by atoms with Crippen molar-refractivity contribution in [2.75, 3.05) is 22.7 Å². The monoisotopic (exact) mass is 541 g/mol. The van der Waals surface area contributed by atoms with E-state index in [1.54, 1.807) is 0 Å². The molecule has 0 saturated heterocycles. The third kappa shape index (κ3) is 4.95. The van der Waals surface area contributed by atoms with Crippen LogP contribution in [0.1, 0.15) is 52.8 Å². The molecule has 0 aromatic heterocycles. The third-order valence-electron chi connectivity index (χ3n) is 8.76. The minimum absolute atomic E-state index is 0.0257. The van der Waals surface area contributed by atoms with Gasteiger partial charge in [-0.2, -0.15) is 16.4 Å². The van der Waals surface area contributed by atoms with Crippen LogP contribution < -0.4 is 26.0 Å². The summed E-state index contributed by atoms with van der Waals surface area (Å²) in [6, 6.07) is 24.8. The van der Waals surface area contributed by atoms with E-state index in [9.17, 15) is 0 Å². The molecule has 1 aliphatic rings. The fourth-order valence-corrected chi connectivity index (χ4v) is 7.32. The molecule has 4 aromatic carbocycles. The Morgan fingerprint density at radius 3 is 1.46 bits per heavy atom. The zero-order valence-electron chi connectivity index (χ0n) is 25.8. The molecular formula is C36H40B2FN2-. The number of aryl methyl sites for hydroxylation is 6. The van der Waals surface area contributed by atoms with Crippen LogP contribution in [0.25, 0.3) is 0 Å². The van der Waals surface area contributed by atoms with E-state index in [-0.39, 0.29) is 6.98 Å². The molecule has 0 saturated carbocycles. The summed E-state index contributed by atoms with van der Waals surface area (Å²) in [5.74, 6) is 6.95. The Bertz CT molecular complexity index is 1530. The molecule has 0 radical (unpaired) electrons. The smallest absolute Gasteiger partial charge is 0.466 e. The van der Waals surface area contributed by atoms with Gasteiger partial charge < -0.3 is 13.9 Å². The van der Waals surface area contributed by atoms with Crippen molar-refractivity contribution < 1.29 is 4.32 Å². The van der Waals surface area contributed by atoms with E-state index >= 15 is 4.32 Å². The van der Waals surface area contributed by atoms with E-state index in [1.807, 2.05) is 52.0 Å². The van der Waals surface area contributed by atoms with E-state index < -0.39 is 6.42 Å². The minimum atomic E-state index is -2.70. The highest BCUT2D eigenvalue weighted by molar-refractivity contribution is 7.07. The molecule has 41 heavy (non-hydrogen) atoms. The maximum atomic E-state index is 18.2. The van der Waals surface area contributed by atoms with Gasteiger partial charge in [-0.1, -0.05) is 93.7 Å². The lowest BCUT2D eigenvalue weighted by Gasteiger charge is -2.41. The lowest BCUT2D eigenvalue weighted by molar-refractivity contribution is 0.839. The maximum Gasteiger partial charge on any atom is 0.466 e. The van der Waals surface area contributed by atoms with Crippen LogP contribution in [0, 0.1) is 53.3 Å². The number of rotatable bonds is 5. The molecule has 0 amide bonds. The predicted molar refractivity (Wildman–Crippen MR) is 179 cm³/mol. The molecule has 0 bridgehead atoms. The fraction of sp³-hybridized carbons (Fsp3) is 0.278. The largest absolute Gasteiger partial charge is 0.498 e. The number of halogens is 1. The summed E-state index contributed by atoms with van der Waals surface area (Å²) >= 11 is 0. The molecule has 0 atom stereocenters. The summed E-state index contributed by atoms with van der Waals surface area (Å²) in [7, 11) is 0. The van der Waals surface area contributed by atoms with Gasteiger partial charge in [-0.15, -0.1) is 0 Å². The molecule has 208 valence electrons. The number of para-hydroxylation sites is 2. The van der Waals surface area contributed by atoms with Crippen molar-refractivity contribution in [2.24, 2.45) is 0 Å². The predicted octanol–water partition coefficient (Wildman–Crippen LogP) is 6.22. The van der Waals surface area contributed by atoms with Crippen LogP contribution >= 0.6 is 0 Å². The van der Waals surface area contributed by atoms with E-state index in [0.29, 0.717) is 5.46 Å². The Morgan fingerprint density at radius 2 is 1.07 bits per heavy atom. The highest BCUT2D eigenvalue weighted by atomic mass is 19.1. The van der Waals surface area contributed by atoms with Gasteiger partial charge in [-0.05, 0) is 79.7 Å². The fourth-order valence-electron chi connectivity index (χ4n) is 7.32. The molecule has 0 N–H and O–H groups in total. The molecule has 0 aliphatic carbocycles. The highest BCUT2D eigenvalue weighted by Gasteiger charge is 2.38. The standard InChI is InChI=1S/C36H40B2FN2/c1-9-40-33-13-11-12-14-34(33)41(10-2)37(40)20-19-31-15-17-32(18-16-31)38(39,35-27(5)21-25(3)22-28(35)6)36-29(7)23-26(4)24-30(36)8/h11-18,21-24H,9-10H2,1-8H3/q-1. The summed E-state index contributed by atoms with van der Waals surface area (Å²) in [4.78, 5) is 4.70. The van der Waals surface area contributed by atoms with Crippen molar-refractivity contribution in [1.82, 2.24) is 0 Å². The first-order valence-electron chi connectivity index (χ1n) is 14.8. The quantitative estimate of drug-likeness (QED) is 0.219. The van der Waals surface area contributed by atoms with Crippen molar-refractivity contribution in [2.45, 2.75) is 55.4 Å². The van der Waals surface area contributed by atoms with E-state index in [2.05, 4.69) is 97.6 Å². The number of hydrogen-bond acceptors (Lipinski definition) is 2. The molecule has 0 spiro atoms. The topological polar surface area (TPSA) is 6.48 Å². The summed E-state index contributed by atoms with van der Waals surface area (Å²) in [5, 5.41) is 0. The van der Waals surface area contributed by atoms with E-state index in [0.717, 1.165) is 63.0 Å². The molecule has 0 unspecified atom stereocenters. The van der Waals surface area contributed by atoms with Crippen LogP contribution in [0.15, 0.2) is 72.8 Å². The van der Waals surface area contributed by atoms with Crippen molar-refractivity contribution in [3.05, 3.63) is 112 Å². The normalized spacial score (nSPS) is 12.9. The van der Waals surface area contributed by atoms with Crippen LogP contribution in [-0.2, 0) is 0 Å². The van der Waals surface area contributed by atoms with Gasteiger partial charge in [0.05, 0.1) is 0 Å².